The summed E-state index contributed by atoms with van der Waals surface area (Å²) in [6.45, 7) is 4.61. The number of carbonyl (C=O) groups excluding carboxylic acids is 1. The Hall–Kier alpha value is -1.72. The molecule has 0 bridgehead atoms. The fourth-order valence-electron chi connectivity index (χ4n) is 2.66. The number of benzene rings is 1. The summed E-state index contributed by atoms with van der Waals surface area (Å²) in [5.74, 6) is 0.627. The minimum absolute atomic E-state index is 0.0260. The molecule has 122 valence electrons. The van der Waals surface area contributed by atoms with Crippen LogP contribution in [-0.4, -0.2) is 23.5 Å². The van der Waals surface area contributed by atoms with Crippen LogP contribution in [0.2, 0.25) is 0 Å². The number of hydrogen-bond acceptors (Lipinski definition) is 4. The highest BCUT2D eigenvalue weighted by atomic mass is 32.1. The molecule has 1 saturated carbocycles. The Balaban J connectivity index is 1.67. The lowest BCUT2D eigenvalue weighted by atomic mass is 10.1. The standard InChI is InChI=1S/C18H23N3OS/c1-11-3-5-14(6-4-11)18-16(23-12(2)21-18)9-17(22)20-10-15(19)13-7-8-13/h3-6,13,15H,7-10,19H2,1-2H3,(H,20,22). The summed E-state index contributed by atoms with van der Waals surface area (Å²) >= 11 is 1.59. The van der Waals surface area contributed by atoms with Crippen molar-refractivity contribution in [3.8, 4) is 11.3 Å². The van der Waals surface area contributed by atoms with Gasteiger partial charge in [0.25, 0.3) is 0 Å². The van der Waals surface area contributed by atoms with Crippen molar-refractivity contribution in [1.29, 1.82) is 0 Å². The summed E-state index contributed by atoms with van der Waals surface area (Å²) in [6, 6.07) is 8.37. The van der Waals surface area contributed by atoms with Crippen molar-refractivity contribution >= 4 is 17.2 Å². The number of nitrogens with two attached hydrogens (primary N) is 1. The molecule has 0 spiro atoms. The molecular weight excluding hydrogens is 306 g/mol. The first-order valence-electron chi connectivity index (χ1n) is 8.08. The molecule has 1 unspecified atom stereocenters. The lowest BCUT2D eigenvalue weighted by molar-refractivity contribution is -0.120. The van der Waals surface area contributed by atoms with Crippen LogP contribution in [0.25, 0.3) is 11.3 Å². The number of nitrogens with one attached hydrogen (secondary N) is 1. The second kappa shape index (κ2) is 6.81. The Morgan fingerprint density at radius 2 is 2.04 bits per heavy atom. The van der Waals surface area contributed by atoms with Gasteiger partial charge in [0.05, 0.1) is 17.1 Å². The van der Waals surface area contributed by atoms with Gasteiger partial charge in [-0.3, -0.25) is 4.79 Å². The fraction of sp³-hybridized carbons (Fsp3) is 0.444. The van der Waals surface area contributed by atoms with Crippen molar-refractivity contribution in [2.45, 2.75) is 39.2 Å². The van der Waals surface area contributed by atoms with Crippen LogP contribution in [0.3, 0.4) is 0 Å². The molecule has 1 heterocycles. The first kappa shape index (κ1) is 16.1. The van der Waals surface area contributed by atoms with Crippen molar-refractivity contribution in [1.82, 2.24) is 10.3 Å². The molecule has 0 radical (unpaired) electrons. The minimum Gasteiger partial charge on any atom is -0.354 e. The quantitative estimate of drug-likeness (QED) is 0.856. The van der Waals surface area contributed by atoms with Gasteiger partial charge in [0.1, 0.15) is 0 Å². The fourth-order valence-corrected chi connectivity index (χ4v) is 3.61. The summed E-state index contributed by atoms with van der Waals surface area (Å²) in [5, 5.41) is 3.95. The third-order valence-electron chi connectivity index (χ3n) is 4.21. The Kier molecular flexibility index (Phi) is 4.78. The smallest absolute Gasteiger partial charge is 0.225 e. The molecule has 1 fully saturated rings. The molecule has 0 aliphatic heterocycles. The van der Waals surface area contributed by atoms with Crippen LogP contribution in [0.1, 0.15) is 28.3 Å². The summed E-state index contributed by atoms with van der Waals surface area (Å²) in [5.41, 5.74) is 9.24. The lowest BCUT2D eigenvalue weighted by Crippen LogP contribution is -2.39. The van der Waals surface area contributed by atoms with E-state index in [1.54, 1.807) is 11.3 Å². The van der Waals surface area contributed by atoms with Gasteiger partial charge >= 0.3 is 0 Å². The predicted octanol–water partition coefficient (Wildman–Crippen LogP) is 2.82. The minimum atomic E-state index is 0.0260. The van der Waals surface area contributed by atoms with Crippen LogP contribution in [-0.2, 0) is 11.2 Å². The van der Waals surface area contributed by atoms with Crippen molar-refractivity contribution in [2.24, 2.45) is 11.7 Å². The monoisotopic (exact) mass is 329 g/mol. The van der Waals surface area contributed by atoms with Gasteiger partial charge in [-0.1, -0.05) is 29.8 Å². The SMILES string of the molecule is Cc1ccc(-c2nc(C)sc2CC(=O)NCC(N)C2CC2)cc1. The van der Waals surface area contributed by atoms with Crippen LogP contribution in [0.4, 0.5) is 0 Å². The number of rotatable bonds is 6. The van der Waals surface area contributed by atoms with Crippen molar-refractivity contribution in [3.05, 3.63) is 39.7 Å². The normalized spacial score (nSPS) is 15.4. The average Bonchev–Trinajstić information content (AvgIpc) is 3.30. The topological polar surface area (TPSA) is 68.0 Å². The molecule has 23 heavy (non-hydrogen) atoms. The highest BCUT2D eigenvalue weighted by Gasteiger charge is 2.28. The highest BCUT2D eigenvalue weighted by Crippen LogP contribution is 2.31. The van der Waals surface area contributed by atoms with Gasteiger partial charge in [-0.15, -0.1) is 11.3 Å². The van der Waals surface area contributed by atoms with Crippen LogP contribution in [0, 0.1) is 19.8 Å². The molecule has 1 aliphatic carbocycles. The van der Waals surface area contributed by atoms with Crippen molar-refractivity contribution in [3.63, 3.8) is 0 Å². The maximum absolute atomic E-state index is 12.2. The third kappa shape index (κ3) is 4.18. The number of amides is 1. The van der Waals surface area contributed by atoms with Gasteiger partial charge in [0.2, 0.25) is 5.91 Å². The zero-order chi connectivity index (χ0) is 16.4. The maximum Gasteiger partial charge on any atom is 0.225 e. The van der Waals surface area contributed by atoms with Crippen molar-refractivity contribution < 1.29 is 4.79 Å². The summed E-state index contributed by atoms with van der Waals surface area (Å²) in [6.07, 6.45) is 2.76. The number of thiazole rings is 1. The molecule has 1 amide bonds. The van der Waals surface area contributed by atoms with E-state index in [0.29, 0.717) is 18.9 Å². The molecule has 2 aromatic rings. The van der Waals surface area contributed by atoms with E-state index in [-0.39, 0.29) is 11.9 Å². The predicted molar refractivity (Wildman–Crippen MR) is 94.4 cm³/mol. The number of carbonyl (C=O) groups is 1. The van der Waals surface area contributed by atoms with E-state index in [1.165, 1.54) is 18.4 Å². The lowest BCUT2D eigenvalue weighted by Gasteiger charge is -2.11. The van der Waals surface area contributed by atoms with Crippen LogP contribution < -0.4 is 11.1 Å². The second-order valence-electron chi connectivity index (χ2n) is 6.35. The van der Waals surface area contributed by atoms with E-state index in [4.69, 9.17) is 5.73 Å². The van der Waals surface area contributed by atoms with Gasteiger partial charge in [-0.05, 0) is 32.6 Å². The first-order valence-corrected chi connectivity index (χ1v) is 8.90. The molecule has 1 atom stereocenters. The molecule has 4 nitrogen and oxygen atoms in total. The van der Waals surface area contributed by atoms with Crippen LogP contribution >= 0.6 is 11.3 Å². The largest absolute Gasteiger partial charge is 0.354 e. The van der Waals surface area contributed by atoms with E-state index in [1.807, 2.05) is 6.92 Å². The second-order valence-corrected chi connectivity index (χ2v) is 7.64. The number of hydrogen-bond donors (Lipinski definition) is 2. The third-order valence-corrected chi connectivity index (χ3v) is 5.18. The molecule has 1 aromatic heterocycles. The zero-order valence-electron chi connectivity index (χ0n) is 13.6. The number of nitrogens with zero attached hydrogens (tertiary/aromatic N) is 1. The zero-order valence-corrected chi connectivity index (χ0v) is 14.5. The molecule has 3 rings (SSSR count). The van der Waals surface area contributed by atoms with Crippen molar-refractivity contribution in [2.75, 3.05) is 6.54 Å². The van der Waals surface area contributed by atoms with Gasteiger partial charge < -0.3 is 11.1 Å². The summed E-state index contributed by atoms with van der Waals surface area (Å²) < 4.78 is 0. The van der Waals surface area contributed by atoms with Gasteiger partial charge in [0.15, 0.2) is 0 Å². The molecule has 5 heteroatoms. The number of aryl methyl sites for hydroxylation is 2. The maximum atomic E-state index is 12.2. The Labute approximate surface area is 141 Å². The van der Waals surface area contributed by atoms with Crippen LogP contribution in [0.15, 0.2) is 24.3 Å². The van der Waals surface area contributed by atoms with E-state index in [0.717, 1.165) is 21.1 Å². The van der Waals surface area contributed by atoms with Gasteiger partial charge in [0, 0.05) is 23.0 Å². The molecule has 1 aliphatic rings. The first-order chi connectivity index (χ1) is 11.0. The molecule has 3 N–H and O–H groups in total. The van der Waals surface area contributed by atoms with E-state index in [9.17, 15) is 4.79 Å². The Morgan fingerprint density at radius 3 is 2.70 bits per heavy atom. The average molecular weight is 329 g/mol. The molecule has 1 aromatic carbocycles. The summed E-state index contributed by atoms with van der Waals surface area (Å²) in [7, 11) is 0. The van der Waals surface area contributed by atoms with E-state index < -0.39 is 0 Å². The Bertz CT molecular complexity index is 689. The highest BCUT2D eigenvalue weighted by molar-refractivity contribution is 7.12. The number of aromatic nitrogens is 1. The summed E-state index contributed by atoms with van der Waals surface area (Å²) in [4.78, 5) is 17.8. The van der Waals surface area contributed by atoms with E-state index >= 15 is 0 Å². The van der Waals surface area contributed by atoms with E-state index in [2.05, 4.69) is 41.5 Å². The van der Waals surface area contributed by atoms with Crippen LogP contribution in [0.5, 0.6) is 0 Å². The Morgan fingerprint density at radius 1 is 1.35 bits per heavy atom. The van der Waals surface area contributed by atoms with Gasteiger partial charge in [-0.25, -0.2) is 4.98 Å². The van der Waals surface area contributed by atoms with Gasteiger partial charge in [-0.2, -0.15) is 0 Å². The molecule has 0 saturated heterocycles. The molecular formula is C18H23N3OS.